The van der Waals surface area contributed by atoms with Gasteiger partial charge in [0, 0.05) is 92.4 Å². The molecule has 0 radical (unpaired) electrons. The molecule has 8 aromatic rings. The van der Waals surface area contributed by atoms with Gasteiger partial charge in [-0.05, 0) is 162 Å². The van der Waals surface area contributed by atoms with Crippen LogP contribution in [0, 0.1) is 0 Å². The van der Waals surface area contributed by atoms with Crippen LogP contribution in [0.2, 0.25) is 0 Å². The molecule has 0 fully saturated rings. The smallest absolute Gasteiger partial charge is 0.130 e. The van der Waals surface area contributed by atoms with Gasteiger partial charge in [0.1, 0.15) is 90.8 Å². The van der Waals surface area contributed by atoms with E-state index in [2.05, 4.69) is 116 Å². The summed E-state index contributed by atoms with van der Waals surface area (Å²) in [6.45, 7) is 9.64. The number of ether oxygens (including phenoxy) is 8. The third kappa shape index (κ3) is 13.1. The Morgan fingerprint density at radius 3 is 0.675 bits per heavy atom. The number of nitrogens with zero attached hydrogens (tertiary/aromatic N) is 4. The number of methoxy groups -OCH3 is 4. The summed E-state index contributed by atoms with van der Waals surface area (Å²) >= 11 is 14.3. The Morgan fingerprint density at radius 1 is 0.300 bits per heavy atom. The van der Waals surface area contributed by atoms with Gasteiger partial charge in [-0.15, -0.1) is 0 Å². The molecule has 16 heteroatoms. The number of hydrogen-bond acceptors (Lipinski definition) is 12. The highest BCUT2D eigenvalue weighted by atomic mass is 79.9. The average Bonchev–Trinajstić information content (AvgIpc) is 3.52. The molecule has 9 rings (SSSR count). The third-order valence-electron chi connectivity index (χ3n) is 14.7. The van der Waals surface area contributed by atoms with Crippen molar-refractivity contribution >= 4 is 63.7 Å². The molecule has 4 aromatic carbocycles. The molecule has 0 saturated carbocycles. The first-order valence-electron chi connectivity index (χ1n) is 26.7. The Kier molecular flexibility index (Phi) is 19.8. The van der Waals surface area contributed by atoms with Crippen LogP contribution in [0.3, 0.4) is 0 Å². The molecule has 0 unspecified atom stereocenters. The van der Waals surface area contributed by atoms with Crippen LogP contribution in [0.15, 0.2) is 140 Å². The van der Waals surface area contributed by atoms with E-state index in [-0.39, 0.29) is 50.1 Å². The van der Waals surface area contributed by atoms with E-state index in [0.29, 0.717) is 71.7 Å². The molecule has 4 heterocycles. The number of aromatic nitrogens is 4. The van der Waals surface area contributed by atoms with E-state index in [1.54, 1.807) is 28.4 Å². The van der Waals surface area contributed by atoms with E-state index >= 15 is 0 Å². The summed E-state index contributed by atoms with van der Waals surface area (Å²) in [5.74, 6) is 4.22. The van der Waals surface area contributed by atoms with Crippen molar-refractivity contribution < 1.29 is 37.9 Å². The summed E-state index contributed by atoms with van der Waals surface area (Å²) in [5, 5.41) is 0. The van der Waals surface area contributed by atoms with Crippen LogP contribution in [-0.4, -0.2) is 48.4 Å². The number of benzene rings is 4. The maximum absolute atomic E-state index is 6.94. The van der Waals surface area contributed by atoms with Crippen LogP contribution < -0.4 is 37.9 Å². The van der Waals surface area contributed by atoms with Crippen molar-refractivity contribution in [2.45, 2.75) is 103 Å². The number of fused-ring (bicyclic) bond motifs is 8. The molecular weight excluding hydrogens is 1270 g/mol. The molecule has 0 saturated heterocycles. The molecule has 12 nitrogen and oxygen atoms in total. The van der Waals surface area contributed by atoms with Gasteiger partial charge >= 0.3 is 0 Å². The fraction of sp³-hybridized carbons (Fsp3) is 0.312. The van der Waals surface area contributed by atoms with Crippen molar-refractivity contribution in [2.75, 3.05) is 28.4 Å². The zero-order valence-corrected chi connectivity index (χ0v) is 52.4. The summed E-state index contributed by atoms with van der Waals surface area (Å²) < 4.78 is 56.5. The van der Waals surface area contributed by atoms with E-state index in [1.165, 1.54) is 0 Å². The quantitative estimate of drug-likeness (QED) is 0.0675. The van der Waals surface area contributed by atoms with Crippen LogP contribution in [0.5, 0.6) is 46.0 Å². The summed E-state index contributed by atoms with van der Waals surface area (Å²) in [6, 6.07) is 40.5. The summed E-state index contributed by atoms with van der Waals surface area (Å²) in [4.78, 5) is 19.0. The van der Waals surface area contributed by atoms with E-state index in [4.69, 9.17) is 57.8 Å². The van der Waals surface area contributed by atoms with Gasteiger partial charge in [-0.2, -0.15) is 0 Å². The van der Waals surface area contributed by atoms with E-state index in [1.807, 2.05) is 97.1 Å². The Morgan fingerprint density at radius 2 is 0.500 bits per heavy atom. The van der Waals surface area contributed by atoms with Crippen LogP contribution >= 0.6 is 63.7 Å². The molecule has 0 N–H and O–H groups in total. The lowest BCUT2D eigenvalue weighted by Crippen LogP contribution is -2.15. The van der Waals surface area contributed by atoms with Gasteiger partial charge in [0.2, 0.25) is 0 Å². The van der Waals surface area contributed by atoms with Crippen molar-refractivity contribution in [3.8, 4) is 46.0 Å². The van der Waals surface area contributed by atoms with Gasteiger partial charge in [-0.3, -0.25) is 0 Å². The van der Waals surface area contributed by atoms with Crippen LogP contribution in [-0.2, 0) is 26.4 Å². The Bertz CT molecular complexity index is 3020. The van der Waals surface area contributed by atoms with Gasteiger partial charge in [0.15, 0.2) is 0 Å². The molecule has 0 amide bonds. The predicted molar refractivity (Wildman–Crippen MR) is 326 cm³/mol. The zero-order chi connectivity index (χ0) is 56.5. The summed E-state index contributed by atoms with van der Waals surface area (Å²) in [6.07, 6.45) is 2.70. The van der Waals surface area contributed by atoms with E-state index < -0.39 is 0 Å². The van der Waals surface area contributed by atoms with Crippen LogP contribution in [0.1, 0.15) is 144 Å². The Hall–Kier alpha value is -6.20. The minimum atomic E-state index is -0.267. The lowest BCUT2D eigenvalue weighted by atomic mass is 9.77. The first kappa shape index (κ1) is 58.5. The molecule has 8 bridgehead atoms. The number of hydrogen-bond donors (Lipinski definition) is 0. The summed E-state index contributed by atoms with van der Waals surface area (Å²) in [5.41, 5.74) is 10.7. The van der Waals surface area contributed by atoms with Crippen molar-refractivity contribution in [3.63, 3.8) is 0 Å². The second-order valence-corrected chi connectivity index (χ2v) is 22.6. The van der Waals surface area contributed by atoms with Gasteiger partial charge in [-0.1, -0.05) is 52.0 Å². The second kappa shape index (κ2) is 27.0. The SMILES string of the molecule is CC[C@@H]1c2cc(c(OCc3cccc(Br)n3)cc2OC)[C@H](CC)c2cc(c(OCc3cccc(Br)n3)cc2OC)[C@H](CC)c2cc(c(OCc3cccc(Br)n3)cc2OC)[C@H](CC)c2cc1c(OCc1cccc(Br)n1)cc2OC. The van der Waals surface area contributed by atoms with Crippen LogP contribution in [0.25, 0.3) is 0 Å². The maximum Gasteiger partial charge on any atom is 0.130 e. The van der Waals surface area contributed by atoms with Gasteiger partial charge in [0.25, 0.3) is 0 Å². The van der Waals surface area contributed by atoms with Crippen molar-refractivity contribution in [3.05, 3.63) is 207 Å². The normalized spacial score (nSPS) is 15.7. The molecule has 0 aliphatic heterocycles. The minimum Gasteiger partial charge on any atom is -0.496 e. The predicted octanol–water partition coefficient (Wildman–Crippen LogP) is 17.1. The highest BCUT2D eigenvalue weighted by Gasteiger charge is 2.34. The minimum absolute atomic E-state index is 0.211. The first-order valence-corrected chi connectivity index (χ1v) is 29.9. The lowest BCUT2D eigenvalue weighted by Gasteiger charge is -2.31. The largest absolute Gasteiger partial charge is 0.496 e. The number of rotatable bonds is 20. The highest BCUT2D eigenvalue weighted by Crippen LogP contribution is 2.53. The molecule has 0 spiro atoms. The topological polar surface area (TPSA) is 125 Å². The third-order valence-corrected chi connectivity index (χ3v) is 16.4. The van der Waals surface area contributed by atoms with Gasteiger partial charge in [-0.25, -0.2) is 19.9 Å². The second-order valence-electron chi connectivity index (χ2n) is 19.3. The van der Waals surface area contributed by atoms with Crippen molar-refractivity contribution in [1.29, 1.82) is 0 Å². The monoisotopic (exact) mass is 1330 g/mol. The molecule has 80 heavy (non-hydrogen) atoms. The highest BCUT2D eigenvalue weighted by molar-refractivity contribution is 9.11. The molecular formula is C64H64Br4N4O8. The number of halogens is 4. The standard InChI is InChI=1S/C64H64Br4N4O8/c1-9-41-45-25-50(58(29-53(45)73-5)78-34-38-18-14-22-62(66)70-38)43(11-3)47-27-52(60(31-55(47)75-7)80-36-40-20-16-24-64(68)72-40)44(12-4)48-28-51(59(32-56(48)76-8)79-35-39-19-15-23-63(67)71-39)42(10-2)46-26-49(41)57(30-54(46)74-6)77-33-37-17-13-21-61(65)69-37/h13-32,41-44H,9-12,33-36H2,1-8H3/t41-,42-,43-,44-/m1/s1. The first-order chi connectivity index (χ1) is 38.9. The molecule has 1 aliphatic rings. The molecule has 416 valence electrons. The summed E-state index contributed by atoms with van der Waals surface area (Å²) in [7, 11) is 6.86. The fourth-order valence-corrected chi connectivity index (χ4v) is 12.4. The Labute approximate surface area is 502 Å². The average molecular weight is 1340 g/mol. The molecule has 1 aliphatic carbocycles. The number of pyridine rings is 4. The molecule has 4 aromatic heterocycles. The van der Waals surface area contributed by atoms with E-state index in [9.17, 15) is 0 Å². The van der Waals surface area contributed by atoms with Gasteiger partial charge in [0.05, 0.1) is 51.2 Å². The molecule has 4 atom stereocenters. The fourth-order valence-electron chi connectivity index (χ4n) is 10.9. The lowest BCUT2D eigenvalue weighted by molar-refractivity contribution is 0.290. The zero-order valence-electron chi connectivity index (χ0n) is 46.1. The maximum atomic E-state index is 6.94. The van der Waals surface area contributed by atoms with Crippen molar-refractivity contribution in [1.82, 2.24) is 19.9 Å². The van der Waals surface area contributed by atoms with Crippen LogP contribution in [0.4, 0.5) is 0 Å². The van der Waals surface area contributed by atoms with Crippen molar-refractivity contribution in [2.24, 2.45) is 0 Å². The van der Waals surface area contributed by atoms with Gasteiger partial charge < -0.3 is 37.9 Å². The van der Waals surface area contributed by atoms with E-state index in [0.717, 1.165) is 85.7 Å². The Balaban J connectivity index is 1.36.